The largest absolute Gasteiger partial charge is 0.463 e. The molecular formula is C18H25NO6. The molecule has 138 valence electrons. The summed E-state index contributed by atoms with van der Waals surface area (Å²) in [6, 6.07) is 6.74. The van der Waals surface area contributed by atoms with Crippen molar-refractivity contribution in [2.75, 3.05) is 6.61 Å². The number of ether oxygens (including phenoxy) is 4. The molecule has 0 saturated carbocycles. The first kappa shape index (κ1) is 18.1. The molecule has 0 aliphatic carbocycles. The number of amides is 1. The first-order valence-corrected chi connectivity index (χ1v) is 8.41. The van der Waals surface area contributed by atoms with E-state index < -0.39 is 36.4 Å². The van der Waals surface area contributed by atoms with E-state index in [-0.39, 0.29) is 12.5 Å². The third kappa shape index (κ3) is 4.12. The van der Waals surface area contributed by atoms with Gasteiger partial charge in [-0.1, -0.05) is 12.1 Å². The van der Waals surface area contributed by atoms with Crippen molar-refractivity contribution >= 4 is 5.91 Å². The van der Waals surface area contributed by atoms with E-state index >= 15 is 0 Å². The Kier molecular flexibility index (Phi) is 5.02. The first-order chi connectivity index (χ1) is 11.7. The summed E-state index contributed by atoms with van der Waals surface area (Å²) in [5.41, 5.74) is 1.04. The molecule has 1 amide bonds. The number of carbonyl (C=O) groups excluding carboxylic acids is 1. The van der Waals surface area contributed by atoms with Crippen molar-refractivity contribution < 1.29 is 28.8 Å². The maximum Gasteiger partial charge on any atom is 0.223 e. The fraction of sp³-hybridized carbons (Fsp3) is 0.611. The molecule has 7 nitrogen and oxygen atoms in total. The van der Waals surface area contributed by atoms with Crippen LogP contribution in [0, 0.1) is 6.92 Å². The Morgan fingerprint density at radius 1 is 1.40 bits per heavy atom. The summed E-state index contributed by atoms with van der Waals surface area (Å²) in [6.45, 7) is 7.17. The summed E-state index contributed by atoms with van der Waals surface area (Å²) in [4.78, 5) is 11.6. The summed E-state index contributed by atoms with van der Waals surface area (Å²) in [5, 5.41) is 13.5. The lowest BCUT2D eigenvalue weighted by atomic mass is 9.95. The van der Waals surface area contributed by atoms with Crippen LogP contribution in [-0.2, 0) is 19.0 Å². The monoisotopic (exact) mass is 351 g/mol. The molecule has 2 fully saturated rings. The van der Waals surface area contributed by atoms with Crippen LogP contribution in [0.2, 0.25) is 0 Å². The van der Waals surface area contributed by atoms with E-state index in [4.69, 9.17) is 18.9 Å². The molecule has 2 aliphatic heterocycles. The van der Waals surface area contributed by atoms with Crippen molar-refractivity contribution in [3.8, 4) is 5.75 Å². The highest BCUT2D eigenvalue weighted by atomic mass is 16.8. The highest BCUT2D eigenvalue weighted by Gasteiger charge is 2.52. The average Bonchev–Trinajstić information content (AvgIpc) is 2.51. The van der Waals surface area contributed by atoms with Crippen LogP contribution in [0.1, 0.15) is 26.3 Å². The number of aliphatic hydroxyl groups is 1. The molecule has 0 radical (unpaired) electrons. The van der Waals surface area contributed by atoms with Gasteiger partial charge in [-0.2, -0.15) is 0 Å². The molecule has 5 unspecified atom stereocenters. The number of aryl methyl sites for hydroxylation is 1. The van der Waals surface area contributed by atoms with Crippen molar-refractivity contribution in [1.82, 2.24) is 5.32 Å². The molecule has 0 bridgehead atoms. The standard InChI is InChI=1S/C18H25NO6/c1-10-6-5-7-12(8-10)23-17-14(19-11(2)20)15(21)16-13(24-17)9-22-18(3,4)25-16/h5-8,13-17,21H,9H2,1-4H3,(H,19,20). The number of hydrogen-bond acceptors (Lipinski definition) is 6. The molecule has 2 N–H and O–H groups in total. The second-order valence-electron chi connectivity index (χ2n) is 6.99. The zero-order valence-corrected chi connectivity index (χ0v) is 14.9. The van der Waals surface area contributed by atoms with Crippen LogP contribution in [0.15, 0.2) is 24.3 Å². The highest BCUT2D eigenvalue weighted by molar-refractivity contribution is 5.73. The molecule has 2 heterocycles. The van der Waals surface area contributed by atoms with Crippen LogP contribution < -0.4 is 10.1 Å². The van der Waals surface area contributed by atoms with E-state index in [2.05, 4.69) is 5.32 Å². The van der Waals surface area contributed by atoms with Crippen molar-refractivity contribution in [2.45, 2.75) is 64.1 Å². The molecule has 25 heavy (non-hydrogen) atoms. The van der Waals surface area contributed by atoms with E-state index in [0.717, 1.165) is 5.56 Å². The average molecular weight is 351 g/mol. The van der Waals surface area contributed by atoms with Crippen LogP contribution >= 0.6 is 0 Å². The van der Waals surface area contributed by atoms with Gasteiger partial charge in [0.05, 0.1) is 6.61 Å². The molecule has 0 spiro atoms. The summed E-state index contributed by atoms with van der Waals surface area (Å²) in [6.07, 6.45) is -2.93. The lowest BCUT2D eigenvalue weighted by molar-refractivity contribution is -0.361. The molecule has 3 rings (SSSR count). The molecule has 7 heteroatoms. The molecular weight excluding hydrogens is 326 g/mol. The van der Waals surface area contributed by atoms with Crippen molar-refractivity contribution in [3.05, 3.63) is 29.8 Å². The molecule has 1 aromatic carbocycles. The van der Waals surface area contributed by atoms with Gasteiger partial charge in [-0.3, -0.25) is 4.79 Å². The smallest absolute Gasteiger partial charge is 0.223 e. The van der Waals surface area contributed by atoms with Crippen molar-refractivity contribution in [2.24, 2.45) is 0 Å². The number of fused-ring (bicyclic) bond motifs is 1. The van der Waals surface area contributed by atoms with Crippen LogP contribution in [-0.4, -0.2) is 54.1 Å². The molecule has 0 aromatic heterocycles. The number of carbonyl (C=O) groups is 1. The minimum absolute atomic E-state index is 0.273. The Morgan fingerprint density at radius 3 is 2.84 bits per heavy atom. The van der Waals surface area contributed by atoms with E-state index in [9.17, 15) is 9.90 Å². The topological polar surface area (TPSA) is 86.3 Å². The summed E-state index contributed by atoms with van der Waals surface area (Å²) >= 11 is 0. The van der Waals surface area contributed by atoms with E-state index in [0.29, 0.717) is 5.75 Å². The Balaban J connectivity index is 1.82. The molecule has 1 aromatic rings. The number of rotatable bonds is 3. The quantitative estimate of drug-likeness (QED) is 0.849. The lowest BCUT2D eigenvalue weighted by Gasteiger charge is -2.49. The fourth-order valence-electron chi connectivity index (χ4n) is 3.16. The zero-order valence-electron chi connectivity index (χ0n) is 14.9. The van der Waals surface area contributed by atoms with Crippen LogP contribution in [0.3, 0.4) is 0 Å². The van der Waals surface area contributed by atoms with Gasteiger partial charge in [0.1, 0.15) is 30.1 Å². The Morgan fingerprint density at radius 2 is 2.16 bits per heavy atom. The third-order valence-electron chi connectivity index (χ3n) is 4.30. The van der Waals surface area contributed by atoms with Gasteiger partial charge in [-0.15, -0.1) is 0 Å². The van der Waals surface area contributed by atoms with Crippen LogP contribution in [0.25, 0.3) is 0 Å². The normalized spacial score (nSPS) is 34.0. The number of nitrogens with one attached hydrogen (secondary N) is 1. The van der Waals surface area contributed by atoms with Gasteiger partial charge in [0.15, 0.2) is 5.79 Å². The third-order valence-corrected chi connectivity index (χ3v) is 4.30. The maximum absolute atomic E-state index is 11.6. The SMILES string of the molecule is CC(=O)NC1C(Oc2cccc(C)c2)OC2COC(C)(C)OC2C1O. The molecule has 2 saturated heterocycles. The summed E-state index contributed by atoms with van der Waals surface area (Å²) < 4.78 is 23.3. The first-order valence-electron chi connectivity index (χ1n) is 8.41. The second-order valence-corrected chi connectivity index (χ2v) is 6.99. The van der Waals surface area contributed by atoms with E-state index in [1.165, 1.54) is 6.92 Å². The Hall–Kier alpha value is -1.67. The van der Waals surface area contributed by atoms with Crippen molar-refractivity contribution in [1.29, 1.82) is 0 Å². The Bertz CT molecular complexity index is 634. The van der Waals surface area contributed by atoms with Crippen LogP contribution in [0.4, 0.5) is 0 Å². The number of aliphatic hydroxyl groups excluding tert-OH is 1. The second kappa shape index (κ2) is 6.92. The summed E-state index contributed by atoms with van der Waals surface area (Å²) in [7, 11) is 0. The summed E-state index contributed by atoms with van der Waals surface area (Å²) in [5.74, 6) is -0.504. The lowest BCUT2D eigenvalue weighted by Crippen LogP contribution is -2.69. The van der Waals surface area contributed by atoms with Crippen LogP contribution in [0.5, 0.6) is 5.75 Å². The van der Waals surface area contributed by atoms with Gasteiger partial charge in [0, 0.05) is 6.92 Å². The number of hydrogen-bond donors (Lipinski definition) is 2. The van der Waals surface area contributed by atoms with Gasteiger partial charge in [0.25, 0.3) is 0 Å². The molecule has 5 atom stereocenters. The van der Waals surface area contributed by atoms with Gasteiger partial charge in [-0.25, -0.2) is 0 Å². The van der Waals surface area contributed by atoms with E-state index in [1.807, 2.05) is 25.1 Å². The van der Waals surface area contributed by atoms with Gasteiger partial charge in [0.2, 0.25) is 12.2 Å². The maximum atomic E-state index is 11.6. The predicted molar refractivity (Wildman–Crippen MR) is 89.0 cm³/mol. The zero-order chi connectivity index (χ0) is 18.2. The predicted octanol–water partition coefficient (Wildman–Crippen LogP) is 1.12. The minimum atomic E-state index is -0.986. The molecule has 2 aliphatic rings. The number of benzene rings is 1. The van der Waals surface area contributed by atoms with Gasteiger partial charge < -0.3 is 29.4 Å². The van der Waals surface area contributed by atoms with Gasteiger partial charge >= 0.3 is 0 Å². The highest BCUT2D eigenvalue weighted by Crippen LogP contribution is 2.33. The minimum Gasteiger partial charge on any atom is -0.463 e. The Labute approximate surface area is 147 Å². The van der Waals surface area contributed by atoms with Crippen molar-refractivity contribution in [3.63, 3.8) is 0 Å². The fourth-order valence-corrected chi connectivity index (χ4v) is 3.16. The van der Waals surface area contributed by atoms with E-state index in [1.54, 1.807) is 19.9 Å². The van der Waals surface area contributed by atoms with Gasteiger partial charge in [-0.05, 0) is 38.5 Å².